The van der Waals surface area contributed by atoms with Gasteiger partial charge in [0, 0.05) is 19.0 Å². The van der Waals surface area contributed by atoms with E-state index in [1.165, 1.54) is 0 Å². The molecular weight excluding hydrogens is 242 g/mol. The summed E-state index contributed by atoms with van der Waals surface area (Å²) in [5.74, 6) is 0.422. The molecule has 0 aliphatic rings. The predicted octanol–water partition coefficient (Wildman–Crippen LogP) is 0.892. The lowest BCUT2D eigenvalue weighted by molar-refractivity contribution is -0.118. The summed E-state index contributed by atoms with van der Waals surface area (Å²) in [4.78, 5) is 12.9. The van der Waals surface area contributed by atoms with Gasteiger partial charge in [-0.15, -0.1) is 0 Å². The maximum Gasteiger partial charge on any atom is 0.219 e. The van der Waals surface area contributed by atoms with Gasteiger partial charge in [-0.25, -0.2) is 0 Å². The second kappa shape index (κ2) is 7.76. The zero-order valence-electron chi connectivity index (χ0n) is 11.6. The molecule has 1 rings (SSSR count). The second-order valence-electron chi connectivity index (χ2n) is 4.85. The standard InChI is InChI=1S/C14H23N3O2/c1-17(2)8-3-9-19-12-6-4-11(5-7-12)13(15)10-14(16)18/h4-7,13H,3,8-10,15H2,1-2H3,(H2,16,18). The van der Waals surface area contributed by atoms with E-state index in [-0.39, 0.29) is 12.5 Å². The Labute approximate surface area is 114 Å². The molecular formula is C14H23N3O2. The predicted molar refractivity (Wildman–Crippen MR) is 75.8 cm³/mol. The van der Waals surface area contributed by atoms with Crippen LogP contribution < -0.4 is 16.2 Å². The van der Waals surface area contributed by atoms with Gasteiger partial charge in [-0.2, -0.15) is 0 Å². The first-order valence-electron chi connectivity index (χ1n) is 6.40. The topological polar surface area (TPSA) is 81.6 Å². The molecule has 1 aromatic carbocycles. The third-order valence-corrected chi connectivity index (χ3v) is 2.75. The van der Waals surface area contributed by atoms with Gasteiger partial charge < -0.3 is 21.1 Å². The van der Waals surface area contributed by atoms with E-state index >= 15 is 0 Å². The summed E-state index contributed by atoms with van der Waals surface area (Å²) in [6.07, 6.45) is 1.14. The number of nitrogens with two attached hydrogens (primary N) is 2. The molecule has 0 saturated heterocycles. The van der Waals surface area contributed by atoms with Crippen LogP contribution in [0.15, 0.2) is 24.3 Å². The Balaban J connectivity index is 2.41. The molecule has 106 valence electrons. The number of ether oxygens (including phenoxy) is 1. The van der Waals surface area contributed by atoms with E-state index in [0.29, 0.717) is 6.61 Å². The fourth-order valence-corrected chi connectivity index (χ4v) is 1.72. The largest absolute Gasteiger partial charge is 0.494 e. The van der Waals surface area contributed by atoms with Gasteiger partial charge in [-0.3, -0.25) is 4.79 Å². The van der Waals surface area contributed by atoms with Gasteiger partial charge in [-0.1, -0.05) is 12.1 Å². The van der Waals surface area contributed by atoms with Gasteiger partial charge in [0.15, 0.2) is 0 Å². The highest BCUT2D eigenvalue weighted by Gasteiger charge is 2.09. The molecule has 0 aliphatic heterocycles. The van der Waals surface area contributed by atoms with Crippen LogP contribution in [-0.2, 0) is 4.79 Å². The van der Waals surface area contributed by atoms with Crippen molar-refractivity contribution >= 4 is 5.91 Å². The normalized spacial score (nSPS) is 12.4. The van der Waals surface area contributed by atoms with Crippen molar-refractivity contribution in [2.24, 2.45) is 11.5 Å². The number of primary amides is 1. The maximum absolute atomic E-state index is 10.8. The van der Waals surface area contributed by atoms with E-state index in [1.54, 1.807) is 0 Å². The Kier molecular flexibility index (Phi) is 6.32. The van der Waals surface area contributed by atoms with Gasteiger partial charge in [0.05, 0.1) is 6.61 Å². The third kappa shape index (κ3) is 6.22. The maximum atomic E-state index is 10.8. The molecule has 0 saturated carbocycles. The Morgan fingerprint density at radius 1 is 1.32 bits per heavy atom. The molecule has 1 aromatic rings. The summed E-state index contributed by atoms with van der Waals surface area (Å²) in [7, 11) is 4.07. The first kappa shape index (κ1) is 15.5. The van der Waals surface area contributed by atoms with Crippen molar-refractivity contribution in [1.82, 2.24) is 4.90 Å². The van der Waals surface area contributed by atoms with Crippen LogP contribution in [0.4, 0.5) is 0 Å². The molecule has 0 aliphatic carbocycles. The number of carbonyl (C=O) groups is 1. The molecule has 5 nitrogen and oxygen atoms in total. The quantitative estimate of drug-likeness (QED) is 0.684. The number of hydrogen-bond donors (Lipinski definition) is 2. The SMILES string of the molecule is CN(C)CCCOc1ccc(C(N)CC(N)=O)cc1. The van der Waals surface area contributed by atoms with E-state index in [9.17, 15) is 4.79 Å². The summed E-state index contributed by atoms with van der Waals surface area (Å²) >= 11 is 0. The zero-order valence-corrected chi connectivity index (χ0v) is 11.6. The molecule has 0 radical (unpaired) electrons. The van der Waals surface area contributed by atoms with E-state index < -0.39 is 5.91 Å². The first-order valence-corrected chi connectivity index (χ1v) is 6.40. The van der Waals surface area contributed by atoms with Gasteiger partial charge in [0.1, 0.15) is 5.75 Å². The number of carbonyl (C=O) groups excluding carboxylic acids is 1. The molecule has 19 heavy (non-hydrogen) atoms. The lowest BCUT2D eigenvalue weighted by Gasteiger charge is -2.12. The smallest absolute Gasteiger partial charge is 0.219 e. The van der Waals surface area contributed by atoms with Crippen LogP contribution in [0.2, 0.25) is 0 Å². The third-order valence-electron chi connectivity index (χ3n) is 2.75. The number of benzene rings is 1. The molecule has 0 spiro atoms. The van der Waals surface area contributed by atoms with Crippen molar-refractivity contribution in [2.75, 3.05) is 27.2 Å². The van der Waals surface area contributed by atoms with Crippen molar-refractivity contribution in [3.05, 3.63) is 29.8 Å². The van der Waals surface area contributed by atoms with Gasteiger partial charge in [-0.05, 0) is 38.2 Å². The lowest BCUT2D eigenvalue weighted by Crippen LogP contribution is -2.20. The fourth-order valence-electron chi connectivity index (χ4n) is 1.72. The summed E-state index contributed by atoms with van der Waals surface area (Å²) in [5.41, 5.74) is 11.9. The van der Waals surface area contributed by atoms with Crippen LogP contribution in [0, 0.1) is 0 Å². The van der Waals surface area contributed by atoms with Crippen LogP contribution in [0.3, 0.4) is 0 Å². The second-order valence-corrected chi connectivity index (χ2v) is 4.85. The average molecular weight is 265 g/mol. The van der Waals surface area contributed by atoms with Crippen molar-refractivity contribution in [1.29, 1.82) is 0 Å². The van der Waals surface area contributed by atoms with Crippen molar-refractivity contribution < 1.29 is 9.53 Å². The van der Waals surface area contributed by atoms with Crippen LogP contribution in [0.1, 0.15) is 24.4 Å². The Morgan fingerprint density at radius 3 is 2.47 bits per heavy atom. The molecule has 0 heterocycles. The highest BCUT2D eigenvalue weighted by molar-refractivity contribution is 5.74. The Bertz CT molecular complexity index is 390. The monoisotopic (exact) mass is 265 g/mol. The van der Waals surface area contributed by atoms with Crippen molar-refractivity contribution in [2.45, 2.75) is 18.9 Å². The Hall–Kier alpha value is -1.59. The Morgan fingerprint density at radius 2 is 1.95 bits per heavy atom. The summed E-state index contributed by atoms with van der Waals surface area (Å²) < 4.78 is 5.61. The van der Waals surface area contributed by atoms with Gasteiger partial charge >= 0.3 is 0 Å². The molecule has 0 bridgehead atoms. The highest BCUT2D eigenvalue weighted by Crippen LogP contribution is 2.18. The minimum Gasteiger partial charge on any atom is -0.494 e. The number of hydrogen-bond acceptors (Lipinski definition) is 4. The molecule has 0 fully saturated rings. The molecule has 5 heteroatoms. The first-order chi connectivity index (χ1) is 8.99. The van der Waals surface area contributed by atoms with Crippen LogP contribution in [-0.4, -0.2) is 38.1 Å². The molecule has 1 unspecified atom stereocenters. The molecule has 0 aromatic heterocycles. The number of rotatable bonds is 8. The highest BCUT2D eigenvalue weighted by atomic mass is 16.5. The zero-order chi connectivity index (χ0) is 14.3. The number of nitrogens with zero attached hydrogens (tertiary/aromatic N) is 1. The van der Waals surface area contributed by atoms with Crippen LogP contribution in [0.5, 0.6) is 5.75 Å². The lowest BCUT2D eigenvalue weighted by atomic mass is 10.0. The van der Waals surface area contributed by atoms with E-state index in [2.05, 4.69) is 4.90 Å². The molecule has 1 amide bonds. The van der Waals surface area contributed by atoms with Crippen molar-refractivity contribution in [3.63, 3.8) is 0 Å². The summed E-state index contributed by atoms with van der Waals surface area (Å²) in [5, 5.41) is 0. The van der Waals surface area contributed by atoms with Gasteiger partial charge in [0.2, 0.25) is 5.91 Å². The minimum absolute atomic E-state index is 0.156. The van der Waals surface area contributed by atoms with E-state index in [1.807, 2.05) is 38.4 Å². The molecule has 4 N–H and O–H groups in total. The summed E-state index contributed by atoms with van der Waals surface area (Å²) in [6, 6.07) is 7.13. The molecule has 1 atom stereocenters. The minimum atomic E-state index is -0.392. The average Bonchev–Trinajstić information content (AvgIpc) is 2.34. The van der Waals surface area contributed by atoms with E-state index in [0.717, 1.165) is 24.3 Å². The van der Waals surface area contributed by atoms with E-state index in [4.69, 9.17) is 16.2 Å². The summed E-state index contributed by atoms with van der Waals surface area (Å²) in [6.45, 7) is 1.69. The van der Waals surface area contributed by atoms with Crippen molar-refractivity contribution in [3.8, 4) is 5.75 Å². The van der Waals surface area contributed by atoms with Crippen LogP contribution in [0.25, 0.3) is 0 Å². The van der Waals surface area contributed by atoms with Gasteiger partial charge in [0.25, 0.3) is 0 Å². The number of amides is 1. The van der Waals surface area contributed by atoms with Crippen LogP contribution >= 0.6 is 0 Å². The fraction of sp³-hybridized carbons (Fsp3) is 0.500.